The summed E-state index contributed by atoms with van der Waals surface area (Å²) in [6.07, 6.45) is 3.39. The van der Waals surface area contributed by atoms with Crippen molar-refractivity contribution in [1.82, 2.24) is 15.3 Å². The third-order valence-corrected chi connectivity index (χ3v) is 5.34. The van der Waals surface area contributed by atoms with Crippen LogP contribution >= 0.6 is 0 Å². The summed E-state index contributed by atoms with van der Waals surface area (Å²) in [5, 5.41) is 6.67. The van der Waals surface area contributed by atoms with E-state index in [1.165, 1.54) is 5.56 Å². The van der Waals surface area contributed by atoms with Crippen molar-refractivity contribution in [2.45, 2.75) is 32.7 Å². The zero-order valence-electron chi connectivity index (χ0n) is 18.4. The van der Waals surface area contributed by atoms with Crippen molar-refractivity contribution in [1.29, 1.82) is 0 Å². The highest BCUT2D eigenvalue weighted by Gasteiger charge is 2.15. The van der Waals surface area contributed by atoms with Gasteiger partial charge in [-0.3, -0.25) is 14.6 Å². The number of nitrogens with one attached hydrogen (secondary N) is 3. The van der Waals surface area contributed by atoms with Gasteiger partial charge in [0.15, 0.2) is 0 Å². The molecule has 6 nitrogen and oxygen atoms in total. The first kappa shape index (κ1) is 21.3. The number of H-pyrrole nitrogens is 1. The maximum atomic E-state index is 12.7. The highest BCUT2D eigenvalue weighted by Crippen LogP contribution is 2.23. The summed E-state index contributed by atoms with van der Waals surface area (Å²) < 4.78 is 0. The predicted octanol–water partition coefficient (Wildman–Crippen LogP) is 5.04. The van der Waals surface area contributed by atoms with Crippen LogP contribution < -0.4 is 10.6 Å². The molecule has 2 aromatic heterocycles. The molecular formula is C26H26N4O2. The number of benzene rings is 2. The Kier molecular flexibility index (Phi) is 5.77. The second-order valence-electron chi connectivity index (χ2n) is 8.80. The van der Waals surface area contributed by atoms with Crippen LogP contribution in [0.4, 0.5) is 5.69 Å². The first-order chi connectivity index (χ1) is 15.3. The highest BCUT2D eigenvalue weighted by molar-refractivity contribution is 6.05. The molecule has 3 N–H and O–H groups in total. The summed E-state index contributed by atoms with van der Waals surface area (Å²) >= 11 is 0. The van der Waals surface area contributed by atoms with Crippen molar-refractivity contribution in [2.24, 2.45) is 0 Å². The van der Waals surface area contributed by atoms with Crippen molar-refractivity contribution in [3.63, 3.8) is 0 Å². The molecule has 0 aliphatic heterocycles. The Morgan fingerprint density at radius 1 is 0.906 bits per heavy atom. The molecule has 6 heteroatoms. The normalized spacial score (nSPS) is 11.3. The van der Waals surface area contributed by atoms with Crippen LogP contribution in [0.15, 0.2) is 73.1 Å². The van der Waals surface area contributed by atoms with Crippen LogP contribution in [0.25, 0.3) is 10.9 Å². The molecule has 0 spiro atoms. The van der Waals surface area contributed by atoms with Gasteiger partial charge in [-0.25, -0.2) is 0 Å². The summed E-state index contributed by atoms with van der Waals surface area (Å²) in [6.45, 7) is 6.84. The molecule has 162 valence electrons. The van der Waals surface area contributed by atoms with Gasteiger partial charge in [0.05, 0.1) is 0 Å². The van der Waals surface area contributed by atoms with E-state index in [0.717, 1.165) is 16.5 Å². The fraction of sp³-hybridized carbons (Fsp3) is 0.192. The van der Waals surface area contributed by atoms with Gasteiger partial charge in [-0.05, 0) is 65.1 Å². The van der Waals surface area contributed by atoms with E-state index >= 15 is 0 Å². The lowest BCUT2D eigenvalue weighted by molar-refractivity contribution is 0.0946. The average Bonchev–Trinajstić information content (AvgIpc) is 3.21. The molecule has 0 aliphatic carbocycles. The minimum absolute atomic E-state index is 0.0383. The average molecular weight is 427 g/mol. The number of aromatic nitrogens is 2. The van der Waals surface area contributed by atoms with Crippen LogP contribution in [0.2, 0.25) is 0 Å². The Morgan fingerprint density at radius 3 is 2.31 bits per heavy atom. The van der Waals surface area contributed by atoms with Gasteiger partial charge in [0.2, 0.25) is 0 Å². The van der Waals surface area contributed by atoms with Crippen LogP contribution in [-0.4, -0.2) is 21.8 Å². The van der Waals surface area contributed by atoms with Crippen LogP contribution in [0, 0.1) is 0 Å². The second kappa shape index (κ2) is 8.67. The molecule has 0 saturated carbocycles. The van der Waals surface area contributed by atoms with Gasteiger partial charge in [-0.15, -0.1) is 0 Å². The number of hydrogen-bond acceptors (Lipinski definition) is 3. The minimum atomic E-state index is -0.192. The molecule has 0 aliphatic rings. The van der Waals surface area contributed by atoms with Gasteiger partial charge in [0.25, 0.3) is 11.8 Å². The lowest BCUT2D eigenvalue weighted by atomic mass is 9.87. The summed E-state index contributed by atoms with van der Waals surface area (Å²) in [4.78, 5) is 32.3. The van der Waals surface area contributed by atoms with Gasteiger partial charge in [0, 0.05) is 41.1 Å². The first-order valence-corrected chi connectivity index (χ1v) is 10.5. The molecule has 32 heavy (non-hydrogen) atoms. The van der Waals surface area contributed by atoms with Gasteiger partial charge in [-0.2, -0.15) is 0 Å². The number of anilines is 1. The van der Waals surface area contributed by atoms with E-state index in [2.05, 4.69) is 41.4 Å². The van der Waals surface area contributed by atoms with Crippen molar-refractivity contribution in [2.75, 3.05) is 5.32 Å². The van der Waals surface area contributed by atoms with Crippen LogP contribution in [-0.2, 0) is 12.0 Å². The number of carbonyl (C=O) groups excluding carboxylic acids is 2. The minimum Gasteiger partial charge on any atom is -0.351 e. The molecule has 0 unspecified atom stereocenters. The Morgan fingerprint density at radius 2 is 1.62 bits per heavy atom. The lowest BCUT2D eigenvalue weighted by Gasteiger charge is -2.19. The lowest BCUT2D eigenvalue weighted by Crippen LogP contribution is -2.23. The standard InChI is InChI=1S/C26H26N4O2/c1-26(2,3)20-6-4-18(5-7-20)24(31)29-21-8-9-22-19(14-21)15-23(30-22)25(32)28-16-17-10-12-27-13-11-17/h4-15,30H,16H2,1-3H3,(H,28,32)(H,29,31). The maximum absolute atomic E-state index is 12.7. The summed E-state index contributed by atoms with van der Waals surface area (Å²) in [5.41, 5.74) is 4.76. The molecule has 0 saturated heterocycles. The molecule has 4 rings (SSSR count). The van der Waals surface area contributed by atoms with Crippen molar-refractivity contribution >= 4 is 28.4 Å². The Hall–Kier alpha value is -3.93. The van der Waals surface area contributed by atoms with E-state index in [1.54, 1.807) is 18.5 Å². The molecule has 4 aromatic rings. The molecule has 0 radical (unpaired) electrons. The number of hydrogen-bond donors (Lipinski definition) is 3. The Balaban J connectivity index is 1.44. The number of carbonyl (C=O) groups is 2. The fourth-order valence-corrected chi connectivity index (χ4v) is 3.44. The van der Waals surface area contributed by atoms with Gasteiger partial charge < -0.3 is 15.6 Å². The van der Waals surface area contributed by atoms with Crippen LogP contribution in [0.1, 0.15) is 52.7 Å². The number of nitrogens with zero attached hydrogens (tertiary/aromatic N) is 1. The number of fused-ring (bicyclic) bond motifs is 1. The maximum Gasteiger partial charge on any atom is 0.267 e. The molecule has 0 bridgehead atoms. The van der Waals surface area contributed by atoms with Gasteiger partial charge in [-0.1, -0.05) is 32.9 Å². The second-order valence-corrected chi connectivity index (χ2v) is 8.80. The summed E-state index contributed by atoms with van der Waals surface area (Å²) in [6, 6.07) is 18.7. The van der Waals surface area contributed by atoms with Crippen molar-refractivity contribution < 1.29 is 9.59 Å². The molecular weight excluding hydrogens is 400 g/mol. The Labute approximate surface area is 187 Å². The predicted molar refractivity (Wildman–Crippen MR) is 127 cm³/mol. The highest BCUT2D eigenvalue weighted by atomic mass is 16.2. The largest absolute Gasteiger partial charge is 0.351 e. The Bertz CT molecular complexity index is 1250. The van der Waals surface area contributed by atoms with Gasteiger partial charge >= 0.3 is 0 Å². The number of aromatic amines is 1. The molecule has 2 amide bonds. The van der Waals surface area contributed by atoms with Gasteiger partial charge in [0.1, 0.15) is 5.69 Å². The van der Waals surface area contributed by atoms with E-state index in [0.29, 0.717) is 23.5 Å². The van der Waals surface area contributed by atoms with Crippen LogP contribution in [0.3, 0.4) is 0 Å². The molecule has 0 fully saturated rings. The topological polar surface area (TPSA) is 86.9 Å². The smallest absolute Gasteiger partial charge is 0.267 e. The monoisotopic (exact) mass is 426 g/mol. The number of rotatable bonds is 5. The summed E-state index contributed by atoms with van der Waals surface area (Å²) in [7, 11) is 0. The molecule has 0 atom stereocenters. The third-order valence-electron chi connectivity index (χ3n) is 5.34. The van der Waals surface area contributed by atoms with E-state index in [4.69, 9.17) is 0 Å². The number of pyridine rings is 1. The van der Waals surface area contributed by atoms with Crippen molar-refractivity contribution in [3.8, 4) is 0 Å². The van der Waals surface area contributed by atoms with E-state index in [9.17, 15) is 9.59 Å². The quantitative estimate of drug-likeness (QED) is 0.418. The zero-order valence-corrected chi connectivity index (χ0v) is 18.4. The number of amides is 2. The molecule has 2 aromatic carbocycles. The van der Waals surface area contributed by atoms with Crippen LogP contribution in [0.5, 0.6) is 0 Å². The third kappa shape index (κ3) is 4.86. The van der Waals surface area contributed by atoms with E-state index in [-0.39, 0.29) is 17.2 Å². The van der Waals surface area contributed by atoms with E-state index in [1.807, 2.05) is 54.6 Å². The SMILES string of the molecule is CC(C)(C)c1ccc(C(=O)Nc2ccc3[nH]c(C(=O)NCc4ccncc4)cc3c2)cc1. The van der Waals surface area contributed by atoms with E-state index < -0.39 is 0 Å². The summed E-state index contributed by atoms with van der Waals surface area (Å²) in [5.74, 6) is -0.363. The first-order valence-electron chi connectivity index (χ1n) is 10.5. The zero-order chi connectivity index (χ0) is 22.7. The fourth-order valence-electron chi connectivity index (χ4n) is 3.44. The van der Waals surface area contributed by atoms with Crippen molar-refractivity contribution in [3.05, 3.63) is 95.4 Å². The molecule has 2 heterocycles.